The number of aromatic nitrogens is 2. The summed E-state index contributed by atoms with van der Waals surface area (Å²) in [5.41, 5.74) is 1.81. The highest BCUT2D eigenvalue weighted by Gasteiger charge is 2.24. The molecule has 4 heterocycles. The average molecular weight is 372 g/mol. The van der Waals surface area contributed by atoms with E-state index in [0.717, 1.165) is 62.3 Å². The van der Waals surface area contributed by atoms with Crippen molar-refractivity contribution in [3.05, 3.63) is 34.2 Å². The van der Waals surface area contributed by atoms with Crippen LogP contribution in [-0.4, -0.2) is 60.0 Å². The van der Waals surface area contributed by atoms with Crippen molar-refractivity contribution in [1.29, 1.82) is 0 Å². The molecule has 2 aromatic rings. The molecule has 0 aromatic carbocycles. The van der Waals surface area contributed by atoms with Crippen LogP contribution in [0.25, 0.3) is 0 Å². The number of aryl methyl sites for hydroxylation is 1. The summed E-state index contributed by atoms with van der Waals surface area (Å²) in [5.74, 6) is 1.98. The summed E-state index contributed by atoms with van der Waals surface area (Å²) in [6.07, 6.45) is 3.74. The van der Waals surface area contributed by atoms with Gasteiger partial charge in [-0.3, -0.25) is 4.79 Å². The van der Waals surface area contributed by atoms with E-state index in [9.17, 15) is 4.79 Å². The summed E-state index contributed by atoms with van der Waals surface area (Å²) in [4.78, 5) is 28.5. The fourth-order valence-electron chi connectivity index (χ4n) is 3.64. The van der Waals surface area contributed by atoms with Crippen LogP contribution >= 0.6 is 11.3 Å². The van der Waals surface area contributed by atoms with Crippen LogP contribution in [0.5, 0.6) is 0 Å². The van der Waals surface area contributed by atoms with Crippen LogP contribution in [0.1, 0.15) is 35.3 Å². The first-order valence-corrected chi connectivity index (χ1v) is 10.3. The van der Waals surface area contributed by atoms with Gasteiger partial charge in [0.1, 0.15) is 5.82 Å². The largest absolute Gasteiger partial charge is 0.353 e. The molecule has 2 aliphatic rings. The summed E-state index contributed by atoms with van der Waals surface area (Å²) < 4.78 is 0. The number of thiophene rings is 1. The molecule has 4 rings (SSSR count). The lowest BCUT2D eigenvalue weighted by molar-refractivity contribution is 0.0747. The average Bonchev–Trinajstić information content (AvgIpc) is 3.22. The maximum atomic E-state index is 12.5. The summed E-state index contributed by atoms with van der Waals surface area (Å²) >= 11 is 1.57. The van der Waals surface area contributed by atoms with Crippen molar-refractivity contribution >= 4 is 29.0 Å². The van der Waals surface area contributed by atoms with Crippen LogP contribution in [0, 0.1) is 6.92 Å². The quantitative estimate of drug-likeness (QED) is 0.830. The maximum Gasteiger partial charge on any atom is 0.254 e. The van der Waals surface area contributed by atoms with E-state index in [2.05, 4.69) is 20.9 Å². The molecule has 0 radical (unpaired) electrons. The molecule has 0 N–H and O–H groups in total. The number of nitrogens with zero attached hydrogens (tertiary/aromatic N) is 5. The molecule has 0 saturated carbocycles. The Labute approximate surface area is 158 Å². The highest BCUT2D eigenvalue weighted by molar-refractivity contribution is 7.08. The molecule has 0 aliphatic carbocycles. The van der Waals surface area contributed by atoms with Crippen molar-refractivity contribution in [3.8, 4) is 0 Å². The van der Waals surface area contributed by atoms with Gasteiger partial charge in [0.05, 0.1) is 5.56 Å². The molecule has 26 heavy (non-hydrogen) atoms. The van der Waals surface area contributed by atoms with Gasteiger partial charge in [0.15, 0.2) is 0 Å². The molecule has 0 spiro atoms. The first-order valence-electron chi connectivity index (χ1n) is 9.38. The van der Waals surface area contributed by atoms with Gasteiger partial charge in [-0.05, 0) is 37.6 Å². The minimum atomic E-state index is 0.138. The molecule has 0 atom stereocenters. The lowest BCUT2D eigenvalue weighted by Gasteiger charge is -2.36. The van der Waals surface area contributed by atoms with Gasteiger partial charge in [0.25, 0.3) is 5.91 Å². The zero-order valence-corrected chi connectivity index (χ0v) is 16.0. The number of piperidine rings is 1. The van der Waals surface area contributed by atoms with Gasteiger partial charge in [-0.2, -0.15) is 16.3 Å². The summed E-state index contributed by atoms with van der Waals surface area (Å²) in [6.45, 7) is 7.22. The topological polar surface area (TPSA) is 52.6 Å². The van der Waals surface area contributed by atoms with E-state index in [1.54, 1.807) is 11.3 Å². The second-order valence-corrected chi connectivity index (χ2v) is 7.79. The first kappa shape index (κ1) is 17.3. The number of piperazine rings is 1. The number of carbonyl (C=O) groups excluding carboxylic acids is 1. The minimum Gasteiger partial charge on any atom is -0.353 e. The highest BCUT2D eigenvalue weighted by Crippen LogP contribution is 2.22. The Morgan fingerprint density at radius 1 is 1.00 bits per heavy atom. The lowest BCUT2D eigenvalue weighted by Crippen LogP contribution is -2.49. The van der Waals surface area contributed by atoms with Gasteiger partial charge >= 0.3 is 0 Å². The van der Waals surface area contributed by atoms with Crippen LogP contribution in [0.3, 0.4) is 0 Å². The molecule has 2 aromatic heterocycles. The zero-order chi connectivity index (χ0) is 17.9. The van der Waals surface area contributed by atoms with Gasteiger partial charge in [-0.15, -0.1) is 0 Å². The second kappa shape index (κ2) is 7.61. The van der Waals surface area contributed by atoms with Crippen LogP contribution in [-0.2, 0) is 0 Å². The Bertz CT molecular complexity index is 749. The van der Waals surface area contributed by atoms with Crippen molar-refractivity contribution in [3.63, 3.8) is 0 Å². The number of amides is 1. The normalized spacial score (nSPS) is 18.3. The van der Waals surface area contributed by atoms with Gasteiger partial charge in [0, 0.05) is 56.4 Å². The van der Waals surface area contributed by atoms with E-state index in [0.29, 0.717) is 0 Å². The van der Waals surface area contributed by atoms with E-state index in [1.807, 2.05) is 28.7 Å². The maximum absolute atomic E-state index is 12.5. The van der Waals surface area contributed by atoms with Crippen LogP contribution in [0.2, 0.25) is 0 Å². The van der Waals surface area contributed by atoms with Crippen LogP contribution < -0.4 is 9.80 Å². The first-order chi connectivity index (χ1) is 12.7. The summed E-state index contributed by atoms with van der Waals surface area (Å²) in [6, 6.07) is 3.96. The predicted molar refractivity (Wildman–Crippen MR) is 105 cm³/mol. The number of rotatable bonds is 3. The third kappa shape index (κ3) is 3.67. The fraction of sp³-hybridized carbons (Fsp3) is 0.526. The van der Waals surface area contributed by atoms with Gasteiger partial charge < -0.3 is 14.7 Å². The molecule has 2 fully saturated rings. The number of hydrogen-bond acceptors (Lipinski definition) is 6. The predicted octanol–water partition coefficient (Wildman–Crippen LogP) is 2.80. The summed E-state index contributed by atoms with van der Waals surface area (Å²) in [7, 11) is 0. The van der Waals surface area contributed by atoms with E-state index >= 15 is 0 Å². The van der Waals surface area contributed by atoms with Gasteiger partial charge in [-0.1, -0.05) is 0 Å². The summed E-state index contributed by atoms with van der Waals surface area (Å²) in [5, 5.41) is 3.88. The second-order valence-electron chi connectivity index (χ2n) is 7.01. The monoisotopic (exact) mass is 371 g/mol. The Kier molecular flexibility index (Phi) is 5.06. The number of hydrogen-bond donors (Lipinski definition) is 0. The third-order valence-corrected chi connectivity index (χ3v) is 5.81. The van der Waals surface area contributed by atoms with Gasteiger partial charge in [0.2, 0.25) is 5.95 Å². The van der Waals surface area contributed by atoms with Crippen LogP contribution in [0.15, 0.2) is 22.9 Å². The standard InChI is InChI=1S/C19H25N5OS/c1-15-13-17(21-19(20-15)24-6-3-2-4-7-24)22-8-10-23(11-9-22)18(25)16-5-12-26-14-16/h5,12-14H,2-4,6-11H2,1H3. The molecule has 2 aliphatic heterocycles. The molecule has 1 amide bonds. The third-order valence-electron chi connectivity index (χ3n) is 5.13. The minimum absolute atomic E-state index is 0.138. The van der Waals surface area contributed by atoms with E-state index in [-0.39, 0.29) is 5.91 Å². The Balaban J connectivity index is 1.44. The van der Waals surface area contributed by atoms with Crippen molar-refractivity contribution in [2.75, 3.05) is 49.1 Å². The number of anilines is 2. The zero-order valence-electron chi connectivity index (χ0n) is 15.2. The van der Waals surface area contributed by atoms with Gasteiger partial charge in [-0.25, -0.2) is 4.98 Å². The van der Waals surface area contributed by atoms with Crippen molar-refractivity contribution in [2.24, 2.45) is 0 Å². The Hall–Kier alpha value is -2.15. The molecule has 2 saturated heterocycles. The molecule has 6 nitrogen and oxygen atoms in total. The highest BCUT2D eigenvalue weighted by atomic mass is 32.1. The molecular formula is C19H25N5OS. The SMILES string of the molecule is Cc1cc(N2CCN(C(=O)c3ccsc3)CC2)nc(N2CCCCC2)n1. The van der Waals surface area contributed by atoms with E-state index in [1.165, 1.54) is 19.3 Å². The smallest absolute Gasteiger partial charge is 0.254 e. The molecule has 0 bridgehead atoms. The van der Waals surface area contributed by atoms with Crippen molar-refractivity contribution in [2.45, 2.75) is 26.2 Å². The van der Waals surface area contributed by atoms with Crippen molar-refractivity contribution in [1.82, 2.24) is 14.9 Å². The molecule has 0 unspecified atom stereocenters. The fourth-order valence-corrected chi connectivity index (χ4v) is 4.27. The van der Waals surface area contributed by atoms with Crippen LogP contribution in [0.4, 0.5) is 11.8 Å². The van der Waals surface area contributed by atoms with E-state index < -0.39 is 0 Å². The number of carbonyl (C=O) groups is 1. The molecule has 7 heteroatoms. The molecular weight excluding hydrogens is 346 g/mol. The molecule has 138 valence electrons. The van der Waals surface area contributed by atoms with E-state index in [4.69, 9.17) is 4.98 Å². The Morgan fingerprint density at radius 2 is 1.77 bits per heavy atom. The lowest BCUT2D eigenvalue weighted by atomic mass is 10.1. The van der Waals surface area contributed by atoms with Crippen molar-refractivity contribution < 1.29 is 4.79 Å². The Morgan fingerprint density at radius 3 is 2.46 bits per heavy atom.